The van der Waals surface area contributed by atoms with Gasteiger partial charge in [0.15, 0.2) is 16.6 Å². The molecule has 6 heteroatoms. The van der Waals surface area contributed by atoms with E-state index in [1.54, 1.807) is 0 Å². The molecule has 1 saturated heterocycles. The molecule has 0 aliphatic carbocycles. The summed E-state index contributed by atoms with van der Waals surface area (Å²) in [6, 6.07) is 0.182. The van der Waals surface area contributed by atoms with E-state index in [0.717, 1.165) is 6.42 Å². The maximum absolute atomic E-state index is 13.4. The molecule has 0 saturated carbocycles. The minimum atomic E-state index is -1.96. The average Bonchev–Trinajstić information content (AvgIpc) is 2.46. The molecular weight excluding hydrogens is 382 g/mol. The lowest BCUT2D eigenvalue weighted by atomic mass is 9.83. The lowest BCUT2D eigenvalue weighted by Crippen LogP contribution is -2.74. The van der Waals surface area contributed by atoms with Crippen LogP contribution in [0.1, 0.15) is 61.3 Å². The third-order valence-corrected chi connectivity index (χ3v) is 17.3. The zero-order valence-electron chi connectivity index (χ0n) is 20.1. The second-order valence-corrected chi connectivity index (χ2v) is 21.1. The Kier molecular flexibility index (Phi) is 7.83. The summed E-state index contributed by atoms with van der Waals surface area (Å²) >= 11 is 0. The second kappa shape index (κ2) is 8.63. The number of hydrogen-bond acceptors (Lipinski definition) is 3. The Labute approximate surface area is 175 Å². The fourth-order valence-electron chi connectivity index (χ4n) is 3.52. The first-order valence-electron chi connectivity index (χ1n) is 10.6. The summed E-state index contributed by atoms with van der Waals surface area (Å²) in [6.45, 7) is 24.5. The Morgan fingerprint density at radius 1 is 1.07 bits per heavy atom. The fraction of sp³-hybridized carbons (Fsp3) is 0.864. The van der Waals surface area contributed by atoms with Gasteiger partial charge >= 0.3 is 0 Å². The van der Waals surface area contributed by atoms with E-state index >= 15 is 0 Å². The Morgan fingerprint density at radius 2 is 1.61 bits per heavy atom. The topological polar surface area (TPSA) is 49.8 Å². The first kappa shape index (κ1) is 25.4. The van der Waals surface area contributed by atoms with Crippen molar-refractivity contribution in [1.29, 1.82) is 0 Å². The van der Waals surface area contributed by atoms with Crippen LogP contribution in [0.5, 0.6) is 0 Å². The molecule has 3 atom stereocenters. The summed E-state index contributed by atoms with van der Waals surface area (Å²) in [5, 5.41) is 9.15. The summed E-state index contributed by atoms with van der Waals surface area (Å²) in [6.07, 6.45) is 1.47. The molecule has 1 amide bonds. The van der Waals surface area contributed by atoms with Gasteiger partial charge in [0.25, 0.3) is 0 Å². The van der Waals surface area contributed by atoms with E-state index < -0.39 is 16.6 Å². The lowest BCUT2D eigenvalue weighted by Gasteiger charge is -2.60. The molecule has 1 fully saturated rings. The number of β-lactam (4-membered cyclic amide) rings is 1. The number of aliphatic hydroxyl groups excluding tert-OH is 1. The van der Waals surface area contributed by atoms with Crippen molar-refractivity contribution in [3.8, 4) is 11.8 Å². The number of hydrogen-bond donors (Lipinski definition) is 1. The SMILES string of the molecule is C[C@@H](O[Si](C)(C)C(C)(C)C)[C@H]1C(=O)N([Si](C)(C)C(C)(C)C)[C@@H]1CCC#CCO. The van der Waals surface area contributed by atoms with Crippen LogP contribution in [0.4, 0.5) is 0 Å². The molecule has 0 aromatic rings. The maximum atomic E-state index is 13.4. The Balaban J connectivity index is 3.11. The molecule has 0 radical (unpaired) electrons. The van der Waals surface area contributed by atoms with Crippen LogP contribution in [0.25, 0.3) is 0 Å². The Bertz CT molecular complexity index is 620. The highest BCUT2D eigenvalue weighted by Gasteiger charge is 2.59. The Hall–Kier alpha value is -0.616. The monoisotopic (exact) mass is 425 g/mol. The smallest absolute Gasteiger partial charge is 0.222 e. The van der Waals surface area contributed by atoms with Gasteiger partial charge in [-0.15, -0.1) is 5.92 Å². The van der Waals surface area contributed by atoms with E-state index in [0.29, 0.717) is 6.42 Å². The van der Waals surface area contributed by atoms with Crippen LogP contribution < -0.4 is 0 Å². The molecule has 28 heavy (non-hydrogen) atoms. The van der Waals surface area contributed by atoms with Crippen molar-refractivity contribution < 1.29 is 14.3 Å². The van der Waals surface area contributed by atoms with E-state index in [4.69, 9.17) is 9.53 Å². The molecule has 0 unspecified atom stereocenters. The van der Waals surface area contributed by atoms with Crippen LogP contribution in [-0.2, 0) is 9.22 Å². The van der Waals surface area contributed by atoms with Crippen LogP contribution >= 0.6 is 0 Å². The number of carbonyl (C=O) groups excluding carboxylic acids is 1. The van der Waals surface area contributed by atoms with Crippen molar-refractivity contribution in [2.45, 2.75) is 110 Å². The molecule has 1 rings (SSSR count). The molecule has 162 valence electrons. The van der Waals surface area contributed by atoms with Crippen LogP contribution in [0, 0.1) is 17.8 Å². The molecule has 4 nitrogen and oxygen atoms in total. The second-order valence-electron chi connectivity index (χ2n) is 11.2. The minimum Gasteiger partial charge on any atom is -0.413 e. The highest BCUT2D eigenvalue weighted by atomic mass is 28.4. The predicted octanol–water partition coefficient (Wildman–Crippen LogP) is 5.00. The number of amides is 1. The van der Waals surface area contributed by atoms with Gasteiger partial charge in [-0.3, -0.25) is 4.79 Å². The third-order valence-electron chi connectivity index (χ3n) is 7.27. The van der Waals surface area contributed by atoms with Crippen LogP contribution in [-0.4, -0.2) is 50.9 Å². The number of aliphatic hydroxyl groups is 1. The van der Waals surface area contributed by atoms with Gasteiger partial charge in [-0.05, 0) is 36.5 Å². The maximum Gasteiger partial charge on any atom is 0.222 e. The first-order chi connectivity index (χ1) is 12.5. The number of rotatable bonds is 6. The summed E-state index contributed by atoms with van der Waals surface area (Å²) in [5.41, 5.74) is 0. The molecule has 0 aromatic carbocycles. The standard InChI is InChI=1S/C22H43NO3Si2/c1-17(26-28(10,11)22(5,6)7)19-18(15-13-12-14-16-24)23(20(19)25)27(8,9)21(2,3)4/h17-19,24H,13,15-16H2,1-11H3/t17-,18-,19-/m1/s1. The van der Waals surface area contributed by atoms with Gasteiger partial charge in [-0.2, -0.15) is 0 Å². The van der Waals surface area contributed by atoms with Crippen molar-refractivity contribution >= 4 is 22.5 Å². The molecule has 1 aliphatic heterocycles. The molecule has 0 aromatic heterocycles. The van der Waals surface area contributed by atoms with Crippen molar-refractivity contribution in [3.63, 3.8) is 0 Å². The van der Waals surface area contributed by atoms with Gasteiger partial charge in [0, 0.05) is 12.5 Å². The van der Waals surface area contributed by atoms with Crippen LogP contribution in [0.15, 0.2) is 0 Å². The van der Waals surface area contributed by atoms with Crippen LogP contribution in [0.3, 0.4) is 0 Å². The first-order valence-corrected chi connectivity index (χ1v) is 16.4. The summed E-state index contributed by atoms with van der Waals surface area (Å²) in [7, 11) is -3.90. The molecule has 1 aliphatic rings. The van der Waals surface area contributed by atoms with Crippen molar-refractivity contribution in [2.75, 3.05) is 6.61 Å². The third kappa shape index (κ3) is 5.10. The normalized spacial score (nSPS) is 22.4. The number of carbonyl (C=O) groups is 1. The summed E-state index contributed by atoms with van der Waals surface area (Å²) in [5.74, 6) is 5.95. The van der Waals surface area contributed by atoms with E-state index in [2.05, 4.69) is 91.1 Å². The van der Waals surface area contributed by atoms with Crippen molar-refractivity contribution in [3.05, 3.63) is 0 Å². The summed E-state index contributed by atoms with van der Waals surface area (Å²) in [4.78, 5) is 13.4. The number of nitrogens with zero attached hydrogens (tertiary/aromatic N) is 1. The van der Waals surface area contributed by atoms with Gasteiger partial charge in [-0.1, -0.05) is 60.6 Å². The molecule has 0 spiro atoms. The summed E-state index contributed by atoms with van der Waals surface area (Å²) < 4.78 is 8.82. The zero-order chi connectivity index (χ0) is 22.1. The van der Waals surface area contributed by atoms with E-state index in [-0.39, 0.29) is 40.7 Å². The predicted molar refractivity (Wildman–Crippen MR) is 123 cm³/mol. The van der Waals surface area contributed by atoms with Crippen LogP contribution in [0.2, 0.25) is 36.3 Å². The van der Waals surface area contributed by atoms with E-state index in [1.807, 2.05) is 0 Å². The van der Waals surface area contributed by atoms with Crippen molar-refractivity contribution in [1.82, 2.24) is 4.57 Å². The molecule has 1 N–H and O–H groups in total. The van der Waals surface area contributed by atoms with Gasteiger partial charge in [0.2, 0.25) is 5.91 Å². The van der Waals surface area contributed by atoms with Gasteiger partial charge < -0.3 is 14.1 Å². The zero-order valence-corrected chi connectivity index (χ0v) is 22.1. The van der Waals surface area contributed by atoms with Gasteiger partial charge in [0.1, 0.15) is 6.61 Å². The quantitative estimate of drug-likeness (QED) is 0.370. The van der Waals surface area contributed by atoms with E-state index in [1.165, 1.54) is 0 Å². The lowest BCUT2D eigenvalue weighted by molar-refractivity contribution is -0.154. The Morgan fingerprint density at radius 3 is 2.04 bits per heavy atom. The minimum absolute atomic E-state index is 0.0785. The largest absolute Gasteiger partial charge is 0.413 e. The average molecular weight is 426 g/mol. The highest BCUT2D eigenvalue weighted by Crippen LogP contribution is 2.48. The van der Waals surface area contributed by atoms with Gasteiger partial charge in [0.05, 0.1) is 12.0 Å². The molecular formula is C22H43NO3Si2. The molecule has 0 bridgehead atoms. The van der Waals surface area contributed by atoms with E-state index in [9.17, 15) is 4.79 Å². The fourth-order valence-corrected chi connectivity index (χ4v) is 7.49. The van der Waals surface area contributed by atoms with Crippen molar-refractivity contribution in [2.24, 2.45) is 5.92 Å². The highest BCUT2D eigenvalue weighted by molar-refractivity contribution is 6.80. The van der Waals surface area contributed by atoms with Gasteiger partial charge in [-0.25, -0.2) is 0 Å². The molecule has 1 heterocycles.